The fourth-order valence-corrected chi connectivity index (χ4v) is 1.99. The van der Waals surface area contributed by atoms with Crippen LogP contribution in [0.25, 0.3) is 6.08 Å². The molecule has 0 amide bonds. The second-order valence-electron chi connectivity index (χ2n) is 4.63. The number of hydrogen-bond donors (Lipinski definition) is 0. The van der Waals surface area contributed by atoms with E-state index < -0.39 is 0 Å². The van der Waals surface area contributed by atoms with Crippen molar-refractivity contribution in [2.24, 2.45) is 0 Å². The molecule has 0 N–H and O–H groups in total. The lowest BCUT2D eigenvalue weighted by Crippen LogP contribution is -1.89. The summed E-state index contributed by atoms with van der Waals surface area (Å²) in [7, 11) is 0. The molecule has 0 spiro atoms. The van der Waals surface area contributed by atoms with Crippen LogP contribution in [-0.2, 0) is 6.42 Å². The van der Waals surface area contributed by atoms with Gasteiger partial charge in [-0.15, -0.1) is 0 Å². The van der Waals surface area contributed by atoms with Crippen molar-refractivity contribution in [3.8, 4) is 0 Å². The Hall–Kier alpha value is -2.42. The average molecular weight is 267 g/mol. The zero-order valence-corrected chi connectivity index (χ0v) is 11.2. The van der Waals surface area contributed by atoms with Crippen molar-refractivity contribution in [1.29, 1.82) is 0 Å². The topological polar surface area (TPSA) is 43.1 Å². The highest BCUT2D eigenvalue weighted by atomic mass is 16.6. The third-order valence-electron chi connectivity index (χ3n) is 3.09. The summed E-state index contributed by atoms with van der Waals surface area (Å²) in [6.07, 6.45) is 7.28. The molecule has 0 bridgehead atoms. The molecule has 0 unspecified atom stereocenters. The van der Waals surface area contributed by atoms with Gasteiger partial charge in [0.05, 0.1) is 4.92 Å². The molecular formula is C17H17NO2. The Morgan fingerprint density at radius 2 is 1.70 bits per heavy atom. The maximum Gasteiger partial charge on any atom is 0.269 e. The van der Waals surface area contributed by atoms with E-state index >= 15 is 0 Å². The normalized spacial score (nSPS) is 10.8. The molecular weight excluding hydrogens is 250 g/mol. The first-order valence-electron chi connectivity index (χ1n) is 6.70. The molecule has 20 heavy (non-hydrogen) atoms. The number of nitro benzene ring substituents is 1. The van der Waals surface area contributed by atoms with Gasteiger partial charge in [0.25, 0.3) is 5.69 Å². The number of non-ortho nitro benzene ring substituents is 1. The van der Waals surface area contributed by atoms with Crippen molar-refractivity contribution in [1.82, 2.24) is 0 Å². The summed E-state index contributed by atoms with van der Waals surface area (Å²) >= 11 is 0. The zero-order chi connectivity index (χ0) is 14.2. The molecule has 0 aromatic heterocycles. The standard InChI is InChI=1S/C17H17NO2/c19-18(20)17-13-11-16(12-14-17)10-6-2-5-9-15-7-3-1-4-8-15/h1,3-5,7-9,11-14H,2,6,10H2/b9-5+. The smallest absolute Gasteiger partial charge is 0.258 e. The van der Waals surface area contributed by atoms with Crippen LogP contribution in [0.1, 0.15) is 24.0 Å². The molecule has 2 aromatic carbocycles. The van der Waals surface area contributed by atoms with Gasteiger partial charge < -0.3 is 0 Å². The van der Waals surface area contributed by atoms with Crippen LogP contribution in [0.4, 0.5) is 5.69 Å². The molecule has 0 fully saturated rings. The van der Waals surface area contributed by atoms with E-state index in [0.717, 1.165) is 24.8 Å². The molecule has 102 valence electrons. The van der Waals surface area contributed by atoms with Crippen LogP contribution >= 0.6 is 0 Å². The van der Waals surface area contributed by atoms with Crippen LogP contribution in [0, 0.1) is 10.1 Å². The highest BCUT2D eigenvalue weighted by Crippen LogP contribution is 2.14. The van der Waals surface area contributed by atoms with Gasteiger partial charge in [0.2, 0.25) is 0 Å². The van der Waals surface area contributed by atoms with Gasteiger partial charge in [0.15, 0.2) is 0 Å². The molecule has 0 aliphatic rings. The fraction of sp³-hybridized carbons (Fsp3) is 0.176. The minimum atomic E-state index is -0.369. The number of benzene rings is 2. The fourth-order valence-electron chi connectivity index (χ4n) is 1.99. The maximum atomic E-state index is 10.5. The van der Waals surface area contributed by atoms with E-state index in [4.69, 9.17) is 0 Å². The van der Waals surface area contributed by atoms with E-state index in [0.29, 0.717) is 0 Å². The Balaban J connectivity index is 1.76. The van der Waals surface area contributed by atoms with E-state index in [2.05, 4.69) is 24.3 Å². The Morgan fingerprint density at radius 1 is 1.00 bits per heavy atom. The lowest BCUT2D eigenvalue weighted by atomic mass is 10.1. The molecule has 3 nitrogen and oxygen atoms in total. The minimum Gasteiger partial charge on any atom is -0.258 e. The number of rotatable bonds is 6. The third kappa shape index (κ3) is 4.35. The summed E-state index contributed by atoms with van der Waals surface area (Å²) in [5.41, 5.74) is 2.50. The lowest BCUT2D eigenvalue weighted by Gasteiger charge is -1.99. The van der Waals surface area contributed by atoms with E-state index in [1.165, 1.54) is 5.56 Å². The number of allylic oxidation sites excluding steroid dienone is 1. The van der Waals surface area contributed by atoms with Crippen LogP contribution in [0.2, 0.25) is 0 Å². The Bertz CT molecular complexity index is 574. The summed E-state index contributed by atoms with van der Waals surface area (Å²) in [5.74, 6) is 0. The second-order valence-corrected chi connectivity index (χ2v) is 4.63. The summed E-state index contributed by atoms with van der Waals surface area (Å²) in [6, 6.07) is 17.0. The van der Waals surface area contributed by atoms with E-state index in [1.807, 2.05) is 30.3 Å². The van der Waals surface area contributed by atoms with Gasteiger partial charge in [-0.05, 0) is 30.4 Å². The molecule has 0 saturated heterocycles. The number of unbranched alkanes of at least 4 members (excludes halogenated alkanes) is 1. The lowest BCUT2D eigenvalue weighted by molar-refractivity contribution is -0.384. The van der Waals surface area contributed by atoms with Crippen molar-refractivity contribution >= 4 is 11.8 Å². The van der Waals surface area contributed by atoms with Crippen molar-refractivity contribution < 1.29 is 4.92 Å². The zero-order valence-electron chi connectivity index (χ0n) is 11.2. The van der Waals surface area contributed by atoms with Gasteiger partial charge in [-0.1, -0.05) is 54.6 Å². The number of aryl methyl sites for hydroxylation is 1. The number of nitro groups is 1. The van der Waals surface area contributed by atoms with E-state index in [-0.39, 0.29) is 10.6 Å². The molecule has 3 heteroatoms. The number of nitrogens with zero attached hydrogens (tertiary/aromatic N) is 1. The van der Waals surface area contributed by atoms with E-state index in [1.54, 1.807) is 12.1 Å². The third-order valence-corrected chi connectivity index (χ3v) is 3.09. The molecule has 0 heterocycles. The molecule has 0 saturated carbocycles. The number of hydrogen-bond acceptors (Lipinski definition) is 2. The first-order chi connectivity index (χ1) is 9.75. The second kappa shape index (κ2) is 7.24. The molecule has 0 radical (unpaired) electrons. The van der Waals surface area contributed by atoms with Gasteiger partial charge in [-0.25, -0.2) is 0 Å². The molecule has 0 aliphatic heterocycles. The quantitative estimate of drug-likeness (QED) is 0.435. The highest BCUT2D eigenvalue weighted by Gasteiger charge is 2.03. The first kappa shape index (κ1) is 14.0. The van der Waals surface area contributed by atoms with Crippen LogP contribution in [-0.4, -0.2) is 4.92 Å². The van der Waals surface area contributed by atoms with E-state index in [9.17, 15) is 10.1 Å². The Labute approximate surface area is 118 Å². The van der Waals surface area contributed by atoms with Gasteiger partial charge in [-0.3, -0.25) is 10.1 Å². The predicted molar refractivity (Wildman–Crippen MR) is 81.5 cm³/mol. The molecule has 2 aromatic rings. The SMILES string of the molecule is O=[N+]([O-])c1ccc(CCC/C=C/c2ccccc2)cc1. The predicted octanol–water partition coefficient (Wildman–Crippen LogP) is 4.63. The first-order valence-corrected chi connectivity index (χ1v) is 6.70. The van der Waals surface area contributed by atoms with Crippen LogP contribution in [0.5, 0.6) is 0 Å². The van der Waals surface area contributed by atoms with Crippen molar-refractivity contribution in [3.05, 3.63) is 81.9 Å². The van der Waals surface area contributed by atoms with Gasteiger partial charge in [-0.2, -0.15) is 0 Å². The highest BCUT2D eigenvalue weighted by molar-refractivity contribution is 5.48. The maximum absolute atomic E-state index is 10.5. The minimum absolute atomic E-state index is 0.151. The Morgan fingerprint density at radius 3 is 2.35 bits per heavy atom. The van der Waals surface area contributed by atoms with Crippen LogP contribution in [0.15, 0.2) is 60.7 Å². The summed E-state index contributed by atoms with van der Waals surface area (Å²) in [6.45, 7) is 0. The van der Waals surface area contributed by atoms with Crippen molar-refractivity contribution in [2.75, 3.05) is 0 Å². The molecule has 0 atom stereocenters. The average Bonchev–Trinajstić information content (AvgIpc) is 2.48. The van der Waals surface area contributed by atoms with Crippen molar-refractivity contribution in [2.45, 2.75) is 19.3 Å². The van der Waals surface area contributed by atoms with Crippen LogP contribution in [0.3, 0.4) is 0 Å². The monoisotopic (exact) mass is 267 g/mol. The molecule has 2 rings (SSSR count). The molecule has 0 aliphatic carbocycles. The van der Waals surface area contributed by atoms with Gasteiger partial charge in [0.1, 0.15) is 0 Å². The van der Waals surface area contributed by atoms with Gasteiger partial charge >= 0.3 is 0 Å². The Kier molecular flexibility index (Phi) is 5.07. The van der Waals surface area contributed by atoms with Crippen LogP contribution < -0.4 is 0 Å². The summed E-state index contributed by atoms with van der Waals surface area (Å²) in [4.78, 5) is 10.2. The largest absolute Gasteiger partial charge is 0.269 e. The van der Waals surface area contributed by atoms with Crippen molar-refractivity contribution in [3.63, 3.8) is 0 Å². The summed E-state index contributed by atoms with van der Waals surface area (Å²) < 4.78 is 0. The summed E-state index contributed by atoms with van der Waals surface area (Å²) in [5, 5.41) is 10.5. The van der Waals surface area contributed by atoms with Gasteiger partial charge in [0, 0.05) is 12.1 Å².